The van der Waals surface area contributed by atoms with Gasteiger partial charge in [-0.15, -0.1) is 11.3 Å². The molecule has 2 aromatic carbocycles. The molecule has 2 heterocycles. The molecule has 6 nitrogen and oxygen atoms in total. The molecule has 158 valence electrons. The number of aromatic amines is 1. The highest BCUT2D eigenvalue weighted by molar-refractivity contribution is 7.13. The largest absolute Gasteiger partial charge is 0.416 e. The Hall–Kier alpha value is -3.66. The first-order chi connectivity index (χ1) is 14.8. The first-order valence-corrected chi connectivity index (χ1v) is 9.96. The van der Waals surface area contributed by atoms with E-state index < -0.39 is 23.6 Å². The first kappa shape index (κ1) is 20.6. The number of aromatic nitrogens is 2. The van der Waals surface area contributed by atoms with Crippen molar-refractivity contribution in [2.24, 2.45) is 0 Å². The zero-order valence-electron chi connectivity index (χ0n) is 15.8. The Bertz CT molecular complexity index is 1250. The molecule has 0 saturated heterocycles. The summed E-state index contributed by atoms with van der Waals surface area (Å²) in [5.41, 5.74) is 6.14. The van der Waals surface area contributed by atoms with Crippen LogP contribution in [0.2, 0.25) is 0 Å². The van der Waals surface area contributed by atoms with Crippen molar-refractivity contribution >= 4 is 34.1 Å². The predicted molar refractivity (Wildman–Crippen MR) is 110 cm³/mol. The summed E-state index contributed by atoms with van der Waals surface area (Å²) in [5.74, 6) is -0.938. The maximum absolute atomic E-state index is 12.7. The monoisotopic (exact) mass is 444 g/mol. The lowest BCUT2D eigenvalue weighted by atomic mass is 10.1. The van der Waals surface area contributed by atoms with Crippen molar-refractivity contribution in [3.8, 4) is 10.6 Å². The molecule has 4 aromatic rings. The normalized spacial score (nSPS) is 11.5. The molecule has 10 heteroatoms. The van der Waals surface area contributed by atoms with Crippen LogP contribution in [0.3, 0.4) is 0 Å². The molecule has 0 radical (unpaired) electrons. The van der Waals surface area contributed by atoms with E-state index in [4.69, 9.17) is 0 Å². The van der Waals surface area contributed by atoms with E-state index >= 15 is 0 Å². The van der Waals surface area contributed by atoms with Gasteiger partial charge >= 0.3 is 6.18 Å². The molecule has 31 heavy (non-hydrogen) atoms. The Morgan fingerprint density at radius 2 is 1.77 bits per heavy atom. The number of fused-ring (bicyclic) bond motifs is 1. The number of nitrogens with one attached hydrogen (secondary N) is 3. The summed E-state index contributed by atoms with van der Waals surface area (Å²) >= 11 is 1.22. The Morgan fingerprint density at radius 3 is 2.52 bits per heavy atom. The molecular weight excluding hydrogens is 429 g/mol. The number of alkyl halides is 3. The lowest BCUT2D eigenvalue weighted by Crippen LogP contribution is -2.42. The van der Waals surface area contributed by atoms with Crippen molar-refractivity contribution in [3.63, 3.8) is 0 Å². The van der Waals surface area contributed by atoms with Crippen LogP contribution < -0.4 is 10.9 Å². The van der Waals surface area contributed by atoms with Crippen molar-refractivity contribution in [2.75, 3.05) is 0 Å². The molecule has 0 spiro atoms. The Labute approximate surface area is 178 Å². The minimum atomic E-state index is -4.40. The van der Waals surface area contributed by atoms with E-state index in [0.717, 1.165) is 23.0 Å². The van der Waals surface area contributed by atoms with E-state index in [-0.39, 0.29) is 6.42 Å². The van der Waals surface area contributed by atoms with Gasteiger partial charge in [-0.1, -0.05) is 30.3 Å². The van der Waals surface area contributed by atoms with Crippen molar-refractivity contribution in [1.82, 2.24) is 20.8 Å². The fourth-order valence-corrected chi connectivity index (χ4v) is 3.81. The molecule has 0 saturated carbocycles. The maximum Gasteiger partial charge on any atom is 0.416 e. The molecule has 3 N–H and O–H groups in total. The SMILES string of the molecule is O=C(Cc1csc(-c2ccc(C(F)(F)F)cc2)n1)NNC(=O)c1c[nH]c2ccccc12. The number of hydrogen-bond donors (Lipinski definition) is 3. The van der Waals surface area contributed by atoms with Gasteiger partial charge in [0.25, 0.3) is 5.91 Å². The molecule has 0 bridgehead atoms. The number of carbonyl (C=O) groups is 2. The molecular formula is C21H15F3N4O2S. The first-order valence-electron chi connectivity index (χ1n) is 9.08. The minimum Gasteiger partial charge on any atom is -0.360 e. The summed E-state index contributed by atoms with van der Waals surface area (Å²) in [6.45, 7) is 0. The zero-order valence-corrected chi connectivity index (χ0v) is 16.6. The van der Waals surface area contributed by atoms with Gasteiger partial charge in [0.05, 0.1) is 23.2 Å². The zero-order chi connectivity index (χ0) is 22.0. The highest BCUT2D eigenvalue weighted by Crippen LogP contribution is 2.31. The molecule has 0 aliphatic heterocycles. The summed E-state index contributed by atoms with van der Waals surface area (Å²) in [7, 11) is 0. The minimum absolute atomic E-state index is 0.0920. The van der Waals surface area contributed by atoms with Crippen LogP contribution >= 0.6 is 11.3 Å². The van der Waals surface area contributed by atoms with Gasteiger partial charge in [0.2, 0.25) is 5.91 Å². The average Bonchev–Trinajstić information content (AvgIpc) is 3.39. The van der Waals surface area contributed by atoms with Crippen molar-refractivity contribution in [3.05, 3.63) is 76.9 Å². The second kappa shape index (κ2) is 8.23. The third kappa shape index (κ3) is 4.58. The van der Waals surface area contributed by atoms with E-state index in [1.165, 1.54) is 23.5 Å². The molecule has 0 unspecified atom stereocenters. The van der Waals surface area contributed by atoms with Gasteiger partial charge in [-0.2, -0.15) is 13.2 Å². The summed E-state index contributed by atoms with van der Waals surface area (Å²) in [6.07, 6.45) is -2.93. The van der Waals surface area contributed by atoms with Crippen LogP contribution in [-0.4, -0.2) is 21.8 Å². The smallest absolute Gasteiger partial charge is 0.360 e. The number of rotatable bonds is 4. The van der Waals surface area contributed by atoms with Crippen LogP contribution in [0.4, 0.5) is 13.2 Å². The van der Waals surface area contributed by atoms with Gasteiger partial charge in [-0.25, -0.2) is 4.98 Å². The standard InChI is InChI=1S/C21H15F3N4O2S/c22-21(23,24)13-7-5-12(6-8-13)20-26-14(11-31-20)9-18(29)27-28-19(30)16-10-25-17-4-2-1-3-15(16)17/h1-8,10-11,25H,9H2,(H,27,29)(H,28,30). The van der Waals surface area contributed by atoms with Gasteiger partial charge in [0, 0.05) is 28.0 Å². The van der Waals surface area contributed by atoms with Gasteiger partial charge in [-0.05, 0) is 18.2 Å². The number of nitrogens with zero attached hydrogens (tertiary/aromatic N) is 1. The average molecular weight is 444 g/mol. The number of carbonyl (C=O) groups excluding carboxylic acids is 2. The quantitative estimate of drug-likeness (QED) is 0.410. The van der Waals surface area contributed by atoms with E-state index in [0.29, 0.717) is 21.8 Å². The predicted octanol–water partition coefficient (Wildman–Crippen LogP) is 4.31. The molecule has 0 atom stereocenters. The lowest BCUT2D eigenvalue weighted by molar-refractivity contribution is -0.137. The van der Waals surface area contributed by atoms with E-state index in [9.17, 15) is 22.8 Å². The lowest BCUT2D eigenvalue weighted by Gasteiger charge is -2.06. The summed E-state index contributed by atoms with van der Waals surface area (Å²) < 4.78 is 38.0. The van der Waals surface area contributed by atoms with Crippen molar-refractivity contribution in [1.29, 1.82) is 0 Å². The van der Waals surface area contributed by atoms with Crippen LogP contribution in [0.5, 0.6) is 0 Å². The Balaban J connectivity index is 1.35. The third-order valence-electron chi connectivity index (χ3n) is 4.50. The number of benzene rings is 2. The van der Waals surface area contributed by atoms with Crippen molar-refractivity contribution in [2.45, 2.75) is 12.6 Å². The van der Waals surface area contributed by atoms with Gasteiger partial charge < -0.3 is 4.98 Å². The number of amides is 2. The number of halogens is 3. The molecule has 0 fully saturated rings. The van der Waals surface area contributed by atoms with E-state index in [1.54, 1.807) is 17.6 Å². The topological polar surface area (TPSA) is 86.9 Å². The van der Waals surface area contributed by atoms with Crippen molar-refractivity contribution < 1.29 is 22.8 Å². The summed E-state index contributed by atoms with van der Waals surface area (Å²) in [5, 5.41) is 2.88. The molecule has 2 aromatic heterocycles. The fourth-order valence-electron chi connectivity index (χ4n) is 2.98. The van der Waals surface area contributed by atoms with Crippen LogP contribution in [0.1, 0.15) is 21.6 Å². The third-order valence-corrected chi connectivity index (χ3v) is 5.44. The number of hydrazine groups is 1. The summed E-state index contributed by atoms with van der Waals surface area (Å²) in [6, 6.07) is 11.9. The number of para-hydroxylation sites is 1. The second-order valence-corrected chi connectivity index (χ2v) is 7.50. The van der Waals surface area contributed by atoms with Crippen LogP contribution in [0.25, 0.3) is 21.5 Å². The maximum atomic E-state index is 12.7. The van der Waals surface area contributed by atoms with Crippen LogP contribution in [0.15, 0.2) is 60.1 Å². The van der Waals surface area contributed by atoms with Crippen LogP contribution in [-0.2, 0) is 17.4 Å². The molecule has 0 aliphatic rings. The van der Waals surface area contributed by atoms with Crippen LogP contribution in [0, 0.1) is 0 Å². The van der Waals surface area contributed by atoms with E-state index in [1.807, 2.05) is 18.2 Å². The number of thiazole rings is 1. The number of hydrogen-bond acceptors (Lipinski definition) is 4. The number of H-pyrrole nitrogens is 1. The summed E-state index contributed by atoms with van der Waals surface area (Å²) in [4.78, 5) is 31.8. The Morgan fingerprint density at radius 1 is 1.03 bits per heavy atom. The molecule has 4 rings (SSSR count). The fraction of sp³-hybridized carbons (Fsp3) is 0.0952. The Kier molecular flexibility index (Phi) is 5.47. The highest BCUT2D eigenvalue weighted by atomic mass is 32.1. The van der Waals surface area contributed by atoms with E-state index in [2.05, 4.69) is 20.8 Å². The molecule has 2 amide bonds. The van der Waals surface area contributed by atoms with Gasteiger partial charge in [0.15, 0.2) is 0 Å². The molecule has 0 aliphatic carbocycles. The van der Waals surface area contributed by atoms with Gasteiger partial charge in [-0.3, -0.25) is 20.4 Å². The highest BCUT2D eigenvalue weighted by Gasteiger charge is 2.30. The van der Waals surface area contributed by atoms with Gasteiger partial charge in [0.1, 0.15) is 5.01 Å². The second-order valence-electron chi connectivity index (χ2n) is 6.65.